The van der Waals surface area contributed by atoms with Gasteiger partial charge in [0.1, 0.15) is 17.6 Å². The fraction of sp³-hybridized carbons (Fsp3) is 0.200. The fourth-order valence-corrected chi connectivity index (χ4v) is 2.81. The van der Waals surface area contributed by atoms with Crippen LogP contribution in [0.1, 0.15) is 23.7 Å². The van der Waals surface area contributed by atoms with E-state index in [0.717, 1.165) is 24.0 Å². The molecule has 0 bridgehead atoms. The van der Waals surface area contributed by atoms with Crippen LogP contribution in [0.15, 0.2) is 48.5 Å². The molecule has 1 aliphatic rings. The molecular weight excluding hydrogens is 290 g/mol. The van der Waals surface area contributed by atoms with Crippen LogP contribution in [0.5, 0.6) is 11.5 Å². The van der Waals surface area contributed by atoms with Crippen molar-refractivity contribution in [3.05, 3.63) is 59.7 Å². The number of aryl methyl sites for hydroxylation is 1. The molecule has 0 fully saturated rings. The fourth-order valence-electron chi connectivity index (χ4n) is 2.44. The lowest BCUT2D eigenvalue weighted by Crippen LogP contribution is -2.19. The molecule has 0 aliphatic carbocycles. The largest absolute Gasteiger partial charge is 0.485 e. The molecule has 0 radical (unpaired) electrons. The maximum atomic E-state index is 11.0. The Morgan fingerprint density at radius 1 is 1.14 bits per heavy atom. The predicted molar refractivity (Wildman–Crippen MR) is 78.3 cm³/mol. The molecule has 2 N–H and O–H groups in total. The third-order valence-electron chi connectivity index (χ3n) is 3.37. The smallest absolute Gasteiger partial charge is 0.380 e. The quantitative estimate of drug-likeness (QED) is 0.944. The lowest BCUT2D eigenvalue weighted by molar-refractivity contribution is 0.176. The van der Waals surface area contributed by atoms with Gasteiger partial charge in [0.15, 0.2) is 0 Å². The van der Waals surface area contributed by atoms with Gasteiger partial charge in [0.05, 0.1) is 0 Å². The van der Waals surface area contributed by atoms with Crippen molar-refractivity contribution in [2.75, 3.05) is 0 Å². The summed E-state index contributed by atoms with van der Waals surface area (Å²) >= 11 is 0. The highest BCUT2D eigenvalue weighted by atomic mass is 32.2. The second kappa shape index (κ2) is 5.38. The van der Waals surface area contributed by atoms with E-state index in [0.29, 0.717) is 5.75 Å². The topological polar surface area (TPSA) is 78.6 Å². The maximum absolute atomic E-state index is 11.0. The first-order valence-electron chi connectivity index (χ1n) is 6.58. The van der Waals surface area contributed by atoms with Gasteiger partial charge in [-0.3, -0.25) is 0 Å². The Morgan fingerprint density at radius 3 is 2.62 bits per heavy atom. The van der Waals surface area contributed by atoms with Gasteiger partial charge in [-0.15, -0.1) is 0 Å². The van der Waals surface area contributed by atoms with Crippen molar-refractivity contribution in [3.63, 3.8) is 0 Å². The number of fused-ring (bicyclic) bond motifs is 1. The Morgan fingerprint density at radius 2 is 1.90 bits per heavy atom. The molecule has 3 rings (SSSR count). The van der Waals surface area contributed by atoms with E-state index in [1.807, 2.05) is 30.3 Å². The van der Waals surface area contributed by atoms with Crippen LogP contribution in [0.3, 0.4) is 0 Å². The van der Waals surface area contributed by atoms with E-state index in [4.69, 9.17) is 9.88 Å². The zero-order valence-corrected chi connectivity index (χ0v) is 12.0. The first-order chi connectivity index (χ1) is 10.0. The highest BCUT2D eigenvalue weighted by Gasteiger charge is 2.22. The molecule has 0 unspecified atom stereocenters. The van der Waals surface area contributed by atoms with Crippen molar-refractivity contribution in [1.82, 2.24) is 0 Å². The average Bonchev–Trinajstić information content (AvgIpc) is 2.46. The van der Waals surface area contributed by atoms with E-state index in [2.05, 4.69) is 4.18 Å². The summed E-state index contributed by atoms with van der Waals surface area (Å²) in [6.45, 7) is 0. The molecule has 6 heteroatoms. The molecule has 5 nitrogen and oxygen atoms in total. The van der Waals surface area contributed by atoms with Crippen molar-refractivity contribution >= 4 is 10.3 Å². The standard InChI is InChI=1S/C15H15NO4S/c16-21(17,18)20-13-8-6-12-7-9-14(19-15(12)10-13)11-4-2-1-3-5-11/h1-6,8,10,14H,7,9H2,(H2,16,17,18)/t14-/m1/s1. The van der Waals surface area contributed by atoms with Gasteiger partial charge in [0.2, 0.25) is 0 Å². The summed E-state index contributed by atoms with van der Waals surface area (Å²) in [6, 6.07) is 14.9. The summed E-state index contributed by atoms with van der Waals surface area (Å²) in [4.78, 5) is 0. The van der Waals surface area contributed by atoms with Gasteiger partial charge < -0.3 is 8.92 Å². The van der Waals surface area contributed by atoms with E-state index >= 15 is 0 Å². The summed E-state index contributed by atoms with van der Waals surface area (Å²) in [5, 5.41) is 4.87. The van der Waals surface area contributed by atoms with Gasteiger partial charge >= 0.3 is 10.3 Å². The third-order valence-corrected chi connectivity index (χ3v) is 3.79. The predicted octanol–water partition coefficient (Wildman–Crippen LogP) is 2.34. The first kappa shape index (κ1) is 13.9. The van der Waals surface area contributed by atoms with Crippen molar-refractivity contribution in [2.45, 2.75) is 18.9 Å². The van der Waals surface area contributed by atoms with Gasteiger partial charge in [-0.25, -0.2) is 0 Å². The van der Waals surface area contributed by atoms with E-state index in [1.165, 1.54) is 0 Å². The molecule has 0 amide bonds. The number of benzene rings is 2. The minimum atomic E-state index is -4.02. The number of hydrogen-bond acceptors (Lipinski definition) is 4. The van der Waals surface area contributed by atoms with Crippen LogP contribution in [0.25, 0.3) is 0 Å². The minimum Gasteiger partial charge on any atom is -0.485 e. The van der Waals surface area contributed by atoms with Gasteiger partial charge in [-0.05, 0) is 30.0 Å². The van der Waals surface area contributed by atoms with Crippen LogP contribution in [-0.2, 0) is 16.7 Å². The average molecular weight is 305 g/mol. The normalized spacial score (nSPS) is 17.7. The summed E-state index contributed by atoms with van der Waals surface area (Å²) in [5.74, 6) is 0.793. The zero-order chi connectivity index (χ0) is 14.9. The Labute approximate surface area is 123 Å². The third kappa shape index (κ3) is 3.34. The van der Waals surface area contributed by atoms with Crippen molar-refractivity contribution in [3.8, 4) is 11.5 Å². The van der Waals surface area contributed by atoms with Crippen LogP contribution >= 0.6 is 0 Å². The van der Waals surface area contributed by atoms with Gasteiger partial charge in [-0.1, -0.05) is 36.4 Å². The number of ether oxygens (including phenoxy) is 1. The second-order valence-electron chi connectivity index (χ2n) is 4.90. The number of hydrogen-bond donors (Lipinski definition) is 1. The van der Waals surface area contributed by atoms with E-state index in [1.54, 1.807) is 18.2 Å². The lowest BCUT2D eigenvalue weighted by Gasteiger charge is -2.26. The van der Waals surface area contributed by atoms with E-state index < -0.39 is 10.3 Å². The molecule has 0 aromatic heterocycles. The van der Waals surface area contributed by atoms with Crippen LogP contribution in [0, 0.1) is 0 Å². The monoisotopic (exact) mass is 305 g/mol. The summed E-state index contributed by atoms with van der Waals surface area (Å²) in [7, 11) is -4.02. The SMILES string of the molecule is NS(=O)(=O)Oc1ccc2c(c1)O[C@@H](c1ccccc1)CC2. The molecule has 2 aromatic rings. The molecule has 1 heterocycles. The Kier molecular flexibility index (Phi) is 3.57. The van der Waals surface area contributed by atoms with E-state index in [-0.39, 0.29) is 11.9 Å². The molecule has 1 aliphatic heterocycles. The first-order valence-corrected chi connectivity index (χ1v) is 8.05. The molecule has 1 atom stereocenters. The van der Waals surface area contributed by atoms with Gasteiger partial charge in [-0.2, -0.15) is 13.6 Å². The van der Waals surface area contributed by atoms with Crippen LogP contribution in [0.2, 0.25) is 0 Å². The Balaban J connectivity index is 1.86. The summed E-state index contributed by atoms with van der Waals surface area (Å²) < 4.78 is 32.6. The summed E-state index contributed by atoms with van der Waals surface area (Å²) in [6.07, 6.45) is 1.71. The zero-order valence-electron chi connectivity index (χ0n) is 11.2. The number of nitrogens with two attached hydrogens (primary N) is 1. The van der Waals surface area contributed by atoms with Crippen LogP contribution in [0.4, 0.5) is 0 Å². The Hall–Kier alpha value is -2.05. The highest BCUT2D eigenvalue weighted by molar-refractivity contribution is 7.84. The van der Waals surface area contributed by atoms with Crippen LogP contribution in [-0.4, -0.2) is 8.42 Å². The minimum absolute atomic E-state index is 0.0385. The van der Waals surface area contributed by atoms with Gasteiger partial charge in [0, 0.05) is 6.07 Å². The second-order valence-corrected chi connectivity index (χ2v) is 6.05. The van der Waals surface area contributed by atoms with Crippen molar-refractivity contribution < 1.29 is 17.3 Å². The summed E-state index contributed by atoms with van der Waals surface area (Å²) in [5.41, 5.74) is 2.13. The highest BCUT2D eigenvalue weighted by Crippen LogP contribution is 2.37. The van der Waals surface area contributed by atoms with Crippen molar-refractivity contribution in [1.29, 1.82) is 0 Å². The van der Waals surface area contributed by atoms with Crippen molar-refractivity contribution in [2.24, 2.45) is 5.14 Å². The molecule has 0 spiro atoms. The maximum Gasteiger partial charge on any atom is 0.380 e. The lowest BCUT2D eigenvalue weighted by atomic mass is 9.97. The molecule has 21 heavy (non-hydrogen) atoms. The molecule has 2 aromatic carbocycles. The molecule has 110 valence electrons. The van der Waals surface area contributed by atoms with Gasteiger partial charge in [0.25, 0.3) is 0 Å². The molecule has 0 saturated carbocycles. The number of rotatable bonds is 3. The van der Waals surface area contributed by atoms with E-state index in [9.17, 15) is 8.42 Å². The Bertz CT molecular complexity index is 744. The van der Waals surface area contributed by atoms with Crippen LogP contribution < -0.4 is 14.1 Å². The molecular formula is C15H15NO4S. The molecule has 0 saturated heterocycles.